The Kier molecular flexibility index (Phi) is 2.87. The van der Waals surface area contributed by atoms with Crippen LogP contribution in [0.4, 0.5) is 0 Å². The molecule has 1 radical (unpaired) electrons. The first-order valence-corrected chi connectivity index (χ1v) is 4.29. The van der Waals surface area contributed by atoms with Gasteiger partial charge in [0.15, 0.2) is 0 Å². The second kappa shape index (κ2) is 3.72. The molecule has 0 fully saturated rings. The van der Waals surface area contributed by atoms with Crippen molar-refractivity contribution in [2.75, 3.05) is 14.1 Å². The third-order valence-electron chi connectivity index (χ3n) is 1.41. The van der Waals surface area contributed by atoms with Gasteiger partial charge in [-0.15, -0.1) is 0 Å². The van der Waals surface area contributed by atoms with E-state index in [1.54, 1.807) is 26.2 Å². The zero-order valence-electron chi connectivity index (χ0n) is 6.97. The number of nitrogens with zero attached hydrogens (tertiary/aromatic N) is 1. The highest BCUT2D eigenvalue weighted by Gasteiger charge is 2.06. The van der Waals surface area contributed by atoms with E-state index in [1.807, 2.05) is 6.07 Å². The number of hydrogen-bond acceptors (Lipinski definition) is 1. The molecule has 2 nitrogen and oxygen atoms in total. The molecule has 0 aliphatic rings. The van der Waals surface area contributed by atoms with E-state index in [4.69, 9.17) is 0 Å². The molecule has 0 spiro atoms. The Labute approximate surface area is 80.3 Å². The first kappa shape index (κ1) is 9.26. The minimum atomic E-state index is -0.0255. The van der Waals surface area contributed by atoms with Gasteiger partial charge in [-0.25, -0.2) is 0 Å². The fourth-order valence-corrected chi connectivity index (χ4v) is 1.03. The van der Waals surface area contributed by atoms with Gasteiger partial charge < -0.3 is 4.90 Å². The maximum Gasteiger partial charge on any atom is 0.253 e. The van der Waals surface area contributed by atoms with Gasteiger partial charge in [-0.1, -0.05) is 15.9 Å². The Hall–Kier alpha value is -0.830. The summed E-state index contributed by atoms with van der Waals surface area (Å²) >= 11 is 3.28. The first-order valence-electron chi connectivity index (χ1n) is 3.50. The Morgan fingerprint density at radius 2 is 2.17 bits per heavy atom. The maximum atomic E-state index is 11.3. The molecule has 63 valence electrons. The molecule has 3 heteroatoms. The molecule has 0 heterocycles. The predicted molar refractivity (Wildman–Crippen MR) is 51.0 cm³/mol. The predicted octanol–water partition coefficient (Wildman–Crippen LogP) is 1.95. The molecule has 12 heavy (non-hydrogen) atoms. The molecule has 0 saturated carbocycles. The molecule has 1 aromatic carbocycles. The van der Waals surface area contributed by atoms with Crippen molar-refractivity contribution in [2.45, 2.75) is 0 Å². The van der Waals surface area contributed by atoms with Crippen molar-refractivity contribution in [3.8, 4) is 0 Å². The van der Waals surface area contributed by atoms with Gasteiger partial charge in [-0.05, 0) is 24.3 Å². The minimum absolute atomic E-state index is 0.0255. The van der Waals surface area contributed by atoms with Crippen LogP contribution >= 0.6 is 15.9 Å². The van der Waals surface area contributed by atoms with E-state index in [9.17, 15) is 4.79 Å². The van der Waals surface area contributed by atoms with Gasteiger partial charge in [0.1, 0.15) is 0 Å². The zero-order valence-corrected chi connectivity index (χ0v) is 8.55. The fraction of sp³-hybridized carbons (Fsp3) is 0.222. The maximum absolute atomic E-state index is 11.3. The SMILES string of the molecule is CN(C)C(=O)c1[c]cc(Br)cc1. The van der Waals surface area contributed by atoms with E-state index in [-0.39, 0.29) is 5.91 Å². The number of amides is 1. The number of hydrogen-bond donors (Lipinski definition) is 0. The second-order valence-electron chi connectivity index (χ2n) is 2.62. The van der Waals surface area contributed by atoms with Gasteiger partial charge in [0.2, 0.25) is 0 Å². The Morgan fingerprint density at radius 3 is 2.58 bits per heavy atom. The number of rotatable bonds is 1. The van der Waals surface area contributed by atoms with Crippen LogP contribution in [-0.2, 0) is 0 Å². The average Bonchev–Trinajstić information content (AvgIpc) is 2.04. The molecule has 0 aliphatic carbocycles. The molecule has 0 saturated heterocycles. The summed E-state index contributed by atoms with van der Waals surface area (Å²) in [5.41, 5.74) is 0.586. The highest BCUT2D eigenvalue weighted by atomic mass is 79.9. The Balaban J connectivity index is 2.90. The smallest absolute Gasteiger partial charge is 0.253 e. The number of halogens is 1. The van der Waals surface area contributed by atoms with Gasteiger partial charge >= 0.3 is 0 Å². The highest BCUT2D eigenvalue weighted by Crippen LogP contribution is 2.10. The summed E-state index contributed by atoms with van der Waals surface area (Å²) in [4.78, 5) is 12.9. The van der Waals surface area contributed by atoms with Crippen molar-refractivity contribution in [1.29, 1.82) is 0 Å². The molecule has 0 bridgehead atoms. The van der Waals surface area contributed by atoms with Crippen LogP contribution in [0.1, 0.15) is 10.4 Å². The molecule has 1 aromatic rings. The van der Waals surface area contributed by atoms with Crippen LogP contribution in [0.5, 0.6) is 0 Å². The van der Waals surface area contributed by atoms with E-state index < -0.39 is 0 Å². The van der Waals surface area contributed by atoms with Gasteiger partial charge in [0.25, 0.3) is 5.91 Å². The largest absolute Gasteiger partial charge is 0.345 e. The lowest BCUT2D eigenvalue weighted by molar-refractivity contribution is 0.0827. The molecule has 0 N–H and O–H groups in total. The monoisotopic (exact) mass is 226 g/mol. The third kappa shape index (κ3) is 2.08. The van der Waals surface area contributed by atoms with Crippen LogP contribution < -0.4 is 0 Å². The quantitative estimate of drug-likeness (QED) is 0.718. The summed E-state index contributed by atoms with van der Waals surface area (Å²) in [6.45, 7) is 0. The van der Waals surface area contributed by atoms with Crippen molar-refractivity contribution in [3.05, 3.63) is 34.3 Å². The average molecular weight is 227 g/mol. The zero-order chi connectivity index (χ0) is 9.14. The van der Waals surface area contributed by atoms with Gasteiger partial charge in [0, 0.05) is 24.1 Å². The molecule has 1 amide bonds. The standard InChI is InChI=1S/C9H9BrNO/c1-11(2)9(12)7-3-5-8(10)6-4-7/h3,5-6H,1-2H3. The van der Waals surface area contributed by atoms with Crippen LogP contribution in [0.3, 0.4) is 0 Å². The van der Waals surface area contributed by atoms with Gasteiger partial charge in [-0.2, -0.15) is 0 Å². The molecule has 0 unspecified atom stereocenters. The third-order valence-corrected chi connectivity index (χ3v) is 1.90. The van der Waals surface area contributed by atoms with Crippen molar-refractivity contribution >= 4 is 21.8 Å². The van der Waals surface area contributed by atoms with Gasteiger partial charge in [-0.3, -0.25) is 4.79 Å². The molecule has 0 aromatic heterocycles. The van der Waals surface area contributed by atoms with Crippen molar-refractivity contribution in [2.24, 2.45) is 0 Å². The fourth-order valence-electron chi connectivity index (χ4n) is 0.780. The minimum Gasteiger partial charge on any atom is -0.345 e. The van der Waals surface area contributed by atoms with Crippen molar-refractivity contribution in [3.63, 3.8) is 0 Å². The lowest BCUT2D eigenvalue weighted by Crippen LogP contribution is -2.21. The lowest BCUT2D eigenvalue weighted by atomic mass is 10.2. The number of carbonyl (C=O) groups is 1. The Bertz CT molecular complexity index is 279. The Morgan fingerprint density at radius 1 is 1.50 bits per heavy atom. The van der Waals surface area contributed by atoms with Crippen LogP contribution in [0.25, 0.3) is 0 Å². The van der Waals surface area contributed by atoms with E-state index in [0.29, 0.717) is 5.56 Å². The topological polar surface area (TPSA) is 20.3 Å². The van der Waals surface area contributed by atoms with Crippen molar-refractivity contribution in [1.82, 2.24) is 4.90 Å². The summed E-state index contributed by atoms with van der Waals surface area (Å²) in [6.07, 6.45) is 0. The summed E-state index contributed by atoms with van der Waals surface area (Å²) in [6, 6.07) is 8.18. The molecule has 0 aliphatic heterocycles. The van der Waals surface area contributed by atoms with Gasteiger partial charge in [0.05, 0.1) is 0 Å². The first-order chi connectivity index (χ1) is 5.61. The van der Waals surface area contributed by atoms with E-state index in [1.165, 1.54) is 4.90 Å². The summed E-state index contributed by atoms with van der Waals surface area (Å²) in [5, 5.41) is 0. The molecule has 0 atom stereocenters. The highest BCUT2D eigenvalue weighted by molar-refractivity contribution is 9.10. The normalized spacial score (nSPS) is 9.58. The van der Waals surface area contributed by atoms with E-state index in [2.05, 4.69) is 22.0 Å². The van der Waals surface area contributed by atoms with E-state index >= 15 is 0 Å². The summed E-state index contributed by atoms with van der Waals surface area (Å²) in [7, 11) is 3.44. The molecule has 1 rings (SSSR count). The summed E-state index contributed by atoms with van der Waals surface area (Å²) < 4.78 is 0.929. The number of benzene rings is 1. The summed E-state index contributed by atoms with van der Waals surface area (Å²) in [5.74, 6) is -0.0255. The number of carbonyl (C=O) groups excluding carboxylic acids is 1. The van der Waals surface area contributed by atoms with E-state index in [0.717, 1.165) is 4.47 Å². The van der Waals surface area contributed by atoms with Crippen LogP contribution in [-0.4, -0.2) is 24.9 Å². The van der Waals surface area contributed by atoms with Crippen LogP contribution in [0, 0.1) is 6.07 Å². The molecular weight excluding hydrogens is 218 g/mol. The van der Waals surface area contributed by atoms with Crippen LogP contribution in [0.2, 0.25) is 0 Å². The molecular formula is C9H9BrNO. The van der Waals surface area contributed by atoms with Crippen molar-refractivity contribution < 1.29 is 4.79 Å². The second-order valence-corrected chi connectivity index (χ2v) is 3.54. The van der Waals surface area contributed by atoms with Crippen LogP contribution in [0.15, 0.2) is 22.7 Å². The lowest BCUT2D eigenvalue weighted by Gasteiger charge is -2.09.